The third-order valence-electron chi connectivity index (χ3n) is 3.97. The number of nitrogens with zero attached hydrogens (tertiary/aromatic N) is 1. The number of rotatable bonds is 6. The van der Waals surface area contributed by atoms with Crippen molar-refractivity contribution in [2.24, 2.45) is 5.92 Å². The van der Waals surface area contributed by atoms with Gasteiger partial charge in [-0.1, -0.05) is 13.8 Å². The second-order valence-electron chi connectivity index (χ2n) is 6.37. The molecule has 0 spiro atoms. The molecule has 1 atom stereocenters. The van der Waals surface area contributed by atoms with Crippen molar-refractivity contribution in [3.05, 3.63) is 0 Å². The van der Waals surface area contributed by atoms with Crippen LogP contribution in [0.15, 0.2) is 0 Å². The van der Waals surface area contributed by atoms with Gasteiger partial charge in [-0.25, -0.2) is 0 Å². The van der Waals surface area contributed by atoms with Crippen molar-refractivity contribution < 1.29 is 4.79 Å². The van der Waals surface area contributed by atoms with E-state index in [0.29, 0.717) is 18.0 Å². The van der Waals surface area contributed by atoms with Gasteiger partial charge in [0.25, 0.3) is 0 Å². The third-order valence-corrected chi connectivity index (χ3v) is 3.97. The Morgan fingerprint density at radius 3 is 2.21 bits per heavy atom. The molecule has 1 fully saturated rings. The van der Waals surface area contributed by atoms with E-state index in [2.05, 4.69) is 43.2 Å². The van der Waals surface area contributed by atoms with Crippen molar-refractivity contribution >= 4 is 5.91 Å². The van der Waals surface area contributed by atoms with Gasteiger partial charge in [-0.3, -0.25) is 4.79 Å². The molecule has 0 aromatic heterocycles. The first-order valence-corrected chi connectivity index (χ1v) is 7.65. The molecule has 1 aliphatic heterocycles. The molecule has 4 heteroatoms. The summed E-state index contributed by atoms with van der Waals surface area (Å²) in [4.78, 5) is 14.4. The predicted octanol–water partition coefficient (Wildman–Crippen LogP) is 1.61. The predicted molar refractivity (Wildman–Crippen MR) is 80.2 cm³/mol. The summed E-state index contributed by atoms with van der Waals surface area (Å²) >= 11 is 0. The lowest BCUT2D eigenvalue weighted by Gasteiger charge is -2.36. The molecule has 0 aliphatic carbocycles. The van der Waals surface area contributed by atoms with Gasteiger partial charge in [0.1, 0.15) is 0 Å². The Morgan fingerprint density at radius 2 is 1.79 bits per heavy atom. The Balaban J connectivity index is 2.45. The van der Waals surface area contributed by atoms with Gasteiger partial charge < -0.3 is 15.5 Å². The van der Waals surface area contributed by atoms with Crippen molar-refractivity contribution in [1.82, 2.24) is 15.5 Å². The summed E-state index contributed by atoms with van der Waals surface area (Å²) in [6, 6.07) is 1.07. The lowest BCUT2D eigenvalue weighted by atomic mass is 9.98. The summed E-state index contributed by atoms with van der Waals surface area (Å²) in [5, 5.41) is 6.33. The van der Waals surface area contributed by atoms with E-state index < -0.39 is 0 Å². The van der Waals surface area contributed by atoms with Crippen molar-refractivity contribution in [2.45, 2.75) is 65.1 Å². The first kappa shape index (κ1) is 16.4. The van der Waals surface area contributed by atoms with Gasteiger partial charge in [-0.2, -0.15) is 0 Å². The minimum absolute atomic E-state index is 0.0411. The molecule has 0 saturated carbocycles. The lowest BCUT2D eigenvalue weighted by molar-refractivity contribution is -0.123. The zero-order chi connectivity index (χ0) is 14.4. The van der Waals surface area contributed by atoms with Crippen LogP contribution in [0.1, 0.15) is 47.0 Å². The molecule has 1 rings (SSSR count). The normalized spacial score (nSPS) is 19.9. The van der Waals surface area contributed by atoms with Crippen molar-refractivity contribution in [2.75, 3.05) is 20.1 Å². The molecule has 1 saturated heterocycles. The van der Waals surface area contributed by atoms with E-state index in [-0.39, 0.29) is 11.9 Å². The van der Waals surface area contributed by atoms with Gasteiger partial charge >= 0.3 is 0 Å². The number of likely N-dealkylation sites (N-methyl/N-ethyl adjacent to an activating group) is 1. The largest absolute Gasteiger partial charge is 0.358 e. The average molecular weight is 269 g/mol. The minimum Gasteiger partial charge on any atom is -0.358 e. The molecule has 4 nitrogen and oxygen atoms in total. The average Bonchev–Trinajstić information content (AvgIpc) is 2.37. The maximum atomic E-state index is 11.9. The van der Waals surface area contributed by atoms with Gasteiger partial charge in [-0.05, 0) is 52.1 Å². The lowest BCUT2D eigenvalue weighted by Crippen LogP contribution is -2.52. The fourth-order valence-corrected chi connectivity index (χ4v) is 2.76. The SMILES string of the molecule is CNC(=O)[C@H](CC(C)C)NC1CCN(C(C)C)CC1. The molecule has 112 valence electrons. The standard InChI is InChI=1S/C15H31N3O/c1-11(2)10-14(15(19)16-5)17-13-6-8-18(9-7-13)12(3)4/h11-14,17H,6-10H2,1-5H3,(H,16,19)/t14-/m0/s1. The Morgan fingerprint density at radius 1 is 1.21 bits per heavy atom. The van der Waals surface area contributed by atoms with Gasteiger partial charge in [-0.15, -0.1) is 0 Å². The minimum atomic E-state index is -0.0411. The number of carbonyl (C=O) groups is 1. The number of nitrogens with one attached hydrogen (secondary N) is 2. The molecule has 0 aromatic carbocycles. The van der Waals surface area contributed by atoms with E-state index in [4.69, 9.17) is 0 Å². The fraction of sp³-hybridized carbons (Fsp3) is 0.933. The number of carbonyl (C=O) groups excluding carboxylic acids is 1. The molecule has 0 unspecified atom stereocenters. The molecule has 1 heterocycles. The van der Waals surface area contributed by atoms with Gasteiger partial charge in [0.2, 0.25) is 5.91 Å². The Kier molecular flexibility index (Phi) is 6.80. The van der Waals surface area contributed by atoms with Crippen LogP contribution in [-0.4, -0.2) is 49.1 Å². The summed E-state index contributed by atoms with van der Waals surface area (Å²) < 4.78 is 0. The number of hydrogen-bond acceptors (Lipinski definition) is 3. The quantitative estimate of drug-likeness (QED) is 0.770. The number of likely N-dealkylation sites (tertiary alicyclic amines) is 1. The number of piperidine rings is 1. The van der Waals surface area contributed by atoms with E-state index >= 15 is 0 Å². The summed E-state index contributed by atoms with van der Waals surface area (Å²) in [6.45, 7) is 11.1. The zero-order valence-electron chi connectivity index (χ0n) is 13.2. The van der Waals surface area contributed by atoms with Crippen LogP contribution >= 0.6 is 0 Å². The number of amides is 1. The summed E-state index contributed by atoms with van der Waals surface area (Å²) in [6.07, 6.45) is 3.19. The molecule has 1 aliphatic rings. The van der Waals surface area contributed by atoms with E-state index in [1.54, 1.807) is 7.05 Å². The first-order valence-electron chi connectivity index (χ1n) is 7.65. The molecule has 19 heavy (non-hydrogen) atoms. The zero-order valence-corrected chi connectivity index (χ0v) is 13.2. The van der Waals surface area contributed by atoms with Crippen LogP contribution in [-0.2, 0) is 4.79 Å². The third kappa shape index (κ3) is 5.49. The van der Waals surface area contributed by atoms with Crippen LogP contribution in [0.5, 0.6) is 0 Å². The van der Waals surface area contributed by atoms with Crippen LogP contribution in [0.3, 0.4) is 0 Å². The van der Waals surface area contributed by atoms with E-state index in [9.17, 15) is 4.79 Å². The van der Waals surface area contributed by atoms with Crippen LogP contribution in [0.25, 0.3) is 0 Å². The fourth-order valence-electron chi connectivity index (χ4n) is 2.76. The molecule has 2 N–H and O–H groups in total. The molecule has 0 bridgehead atoms. The summed E-state index contributed by atoms with van der Waals surface area (Å²) in [7, 11) is 1.72. The Hall–Kier alpha value is -0.610. The van der Waals surface area contributed by atoms with Crippen molar-refractivity contribution in [3.8, 4) is 0 Å². The maximum absolute atomic E-state index is 11.9. The van der Waals surface area contributed by atoms with Crippen LogP contribution in [0.4, 0.5) is 0 Å². The highest BCUT2D eigenvalue weighted by atomic mass is 16.2. The van der Waals surface area contributed by atoms with Gasteiger partial charge in [0.05, 0.1) is 6.04 Å². The highest BCUT2D eigenvalue weighted by molar-refractivity contribution is 5.81. The summed E-state index contributed by atoms with van der Waals surface area (Å²) in [5.41, 5.74) is 0. The first-order chi connectivity index (χ1) is 8.93. The topological polar surface area (TPSA) is 44.4 Å². The second kappa shape index (κ2) is 7.85. The Bertz CT molecular complexity index is 271. The highest BCUT2D eigenvalue weighted by Gasteiger charge is 2.26. The van der Waals surface area contributed by atoms with E-state index in [1.807, 2.05) is 0 Å². The number of hydrogen-bond donors (Lipinski definition) is 2. The smallest absolute Gasteiger partial charge is 0.236 e. The highest BCUT2D eigenvalue weighted by Crippen LogP contribution is 2.15. The van der Waals surface area contributed by atoms with E-state index in [1.165, 1.54) is 0 Å². The molecule has 0 radical (unpaired) electrons. The summed E-state index contributed by atoms with van der Waals surface area (Å²) in [5.74, 6) is 0.658. The van der Waals surface area contributed by atoms with Gasteiger partial charge in [0, 0.05) is 19.1 Å². The van der Waals surface area contributed by atoms with Crippen molar-refractivity contribution in [3.63, 3.8) is 0 Å². The van der Waals surface area contributed by atoms with Crippen LogP contribution in [0, 0.1) is 5.92 Å². The second-order valence-corrected chi connectivity index (χ2v) is 6.37. The molecule has 0 aromatic rings. The molecular formula is C15H31N3O. The van der Waals surface area contributed by atoms with Crippen LogP contribution in [0.2, 0.25) is 0 Å². The Labute approximate surface area is 118 Å². The monoisotopic (exact) mass is 269 g/mol. The van der Waals surface area contributed by atoms with Crippen LogP contribution < -0.4 is 10.6 Å². The molecular weight excluding hydrogens is 238 g/mol. The molecule has 1 amide bonds. The van der Waals surface area contributed by atoms with E-state index in [0.717, 1.165) is 32.4 Å². The van der Waals surface area contributed by atoms with Crippen molar-refractivity contribution in [1.29, 1.82) is 0 Å². The maximum Gasteiger partial charge on any atom is 0.236 e. The van der Waals surface area contributed by atoms with Gasteiger partial charge in [0.15, 0.2) is 0 Å².